The van der Waals surface area contributed by atoms with E-state index in [2.05, 4.69) is 4.98 Å². The first-order valence-corrected chi connectivity index (χ1v) is 6.83. The second-order valence-electron chi connectivity index (χ2n) is 6.05. The number of ether oxygens (including phenoxy) is 1. The van der Waals surface area contributed by atoms with Crippen LogP contribution in [0.2, 0.25) is 0 Å². The van der Waals surface area contributed by atoms with E-state index in [0.717, 1.165) is 12.1 Å². The van der Waals surface area contributed by atoms with E-state index in [1.165, 1.54) is 19.4 Å². The largest absolute Gasteiger partial charge is 0.418 e. The predicted molar refractivity (Wildman–Crippen MR) is 75.0 cm³/mol. The Morgan fingerprint density at radius 2 is 2.04 bits per heavy atom. The molecule has 0 N–H and O–H groups in total. The number of nitrogens with zero attached hydrogens (tertiary/aromatic N) is 2. The SMILES string of the molecule is CO[C@]1(c2ncccc2C(F)(F)F)C=C(C#N)C(=O)C(C)(C)C1. The third-order valence-corrected chi connectivity index (χ3v) is 3.94. The van der Waals surface area contributed by atoms with Gasteiger partial charge in [0, 0.05) is 18.7 Å². The lowest BCUT2D eigenvalue weighted by molar-refractivity contribution is -0.142. The highest BCUT2D eigenvalue weighted by molar-refractivity contribution is 6.04. The number of pyridine rings is 1. The van der Waals surface area contributed by atoms with E-state index >= 15 is 0 Å². The van der Waals surface area contributed by atoms with E-state index in [1.807, 2.05) is 0 Å². The monoisotopic (exact) mass is 324 g/mol. The molecule has 0 amide bonds. The van der Waals surface area contributed by atoms with E-state index in [-0.39, 0.29) is 17.7 Å². The number of hydrogen-bond acceptors (Lipinski definition) is 4. The van der Waals surface area contributed by atoms with Gasteiger partial charge in [0.2, 0.25) is 0 Å². The highest BCUT2D eigenvalue weighted by atomic mass is 19.4. The molecule has 1 aliphatic rings. The number of ketones is 1. The minimum atomic E-state index is -4.62. The van der Waals surface area contributed by atoms with Gasteiger partial charge in [0.25, 0.3) is 0 Å². The van der Waals surface area contributed by atoms with Gasteiger partial charge in [-0.3, -0.25) is 9.78 Å². The van der Waals surface area contributed by atoms with Crippen LogP contribution >= 0.6 is 0 Å². The number of nitriles is 1. The van der Waals surface area contributed by atoms with Crippen LogP contribution in [0.1, 0.15) is 31.5 Å². The fraction of sp³-hybridized carbons (Fsp3) is 0.438. The molecule has 0 aliphatic heterocycles. The summed E-state index contributed by atoms with van der Waals surface area (Å²) in [5.74, 6) is -0.419. The van der Waals surface area contributed by atoms with Crippen LogP contribution in [-0.4, -0.2) is 17.9 Å². The second-order valence-corrected chi connectivity index (χ2v) is 6.05. The minimum absolute atomic E-state index is 0.0411. The topological polar surface area (TPSA) is 63.0 Å². The van der Waals surface area contributed by atoms with Crippen molar-refractivity contribution in [1.29, 1.82) is 5.26 Å². The Bertz CT molecular complexity index is 717. The van der Waals surface area contributed by atoms with Crippen molar-refractivity contribution < 1.29 is 22.7 Å². The number of hydrogen-bond donors (Lipinski definition) is 0. The maximum absolute atomic E-state index is 13.3. The van der Waals surface area contributed by atoms with Crippen LogP contribution in [0.25, 0.3) is 0 Å². The van der Waals surface area contributed by atoms with Crippen molar-refractivity contribution in [1.82, 2.24) is 4.98 Å². The quantitative estimate of drug-likeness (QED) is 0.836. The number of methoxy groups -OCH3 is 1. The molecule has 23 heavy (non-hydrogen) atoms. The van der Waals surface area contributed by atoms with Crippen molar-refractivity contribution in [2.24, 2.45) is 5.41 Å². The Hall–Kier alpha value is -2.20. The van der Waals surface area contributed by atoms with Crippen LogP contribution < -0.4 is 0 Å². The molecule has 1 aliphatic carbocycles. The molecule has 1 aromatic rings. The van der Waals surface area contributed by atoms with E-state index in [9.17, 15) is 18.0 Å². The molecule has 7 heteroatoms. The molecule has 1 atom stereocenters. The Labute approximate surface area is 131 Å². The molecule has 1 heterocycles. The average Bonchev–Trinajstić information content (AvgIpc) is 2.49. The highest BCUT2D eigenvalue weighted by Gasteiger charge is 2.50. The van der Waals surface area contributed by atoms with Crippen LogP contribution in [0.3, 0.4) is 0 Å². The van der Waals surface area contributed by atoms with Gasteiger partial charge in [-0.25, -0.2) is 0 Å². The zero-order valence-electron chi connectivity index (χ0n) is 12.9. The van der Waals surface area contributed by atoms with Gasteiger partial charge in [0.15, 0.2) is 5.78 Å². The molecule has 0 saturated carbocycles. The summed E-state index contributed by atoms with van der Waals surface area (Å²) in [6.07, 6.45) is -2.28. The third kappa shape index (κ3) is 2.86. The van der Waals surface area contributed by atoms with Crippen molar-refractivity contribution in [2.75, 3.05) is 7.11 Å². The second kappa shape index (κ2) is 5.46. The summed E-state index contributed by atoms with van der Waals surface area (Å²) in [6.45, 7) is 3.15. The first kappa shape index (κ1) is 17.2. The van der Waals surface area contributed by atoms with Crippen molar-refractivity contribution in [3.8, 4) is 6.07 Å². The van der Waals surface area contributed by atoms with Gasteiger partial charge in [-0.2, -0.15) is 18.4 Å². The summed E-state index contributed by atoms with van der Waals surface area (Å²) >= 11 is 0. The molecule has 2 rings (SSSR count). The molecule has 122 valence electrons. The van der Waals surface area contributed by atoms with E-state index in [0.29, 0.717) is 0 Å². The van der Waals surface area contributed by atoms with Crippen LogP contribution in [0.5, 0.6) is 0 Å². The lowest BCUT2D eigenvalue weighted by Gasteiger charge is -2.40. The number of rotatable bonds is 2. The Kier molecular flexibility index (Phi) is 4.07. The number of carbonyl (C=O) groups excluding carboxylic acids is 1. The van der Waals surface area contributed by atoms with Gasteiger partial charge in [-0.05, 0) is 24.6 Å². The molecule has 0 spiro atoms. The summed E-state index contributed by atoms with van der Waals surface area (Å²) in [4.78, 5) is 16.1. The Morgan fingerprint density at radius 1 is 1.39 bits per heavy atom. The highest BCUT2D eigenvalue weighted by Crippen LogP contribution is 2.47. The first-order chi connectivity index (χ1) is 10.6. The van der Waals surface area contributed by atoms with E-state index in [4.69, 9.17) is 10.00 Å². The number of allylic oxidation sites excluding steroid dienone is 1. The van der Waals surface area contributed by atoms with Gasteiger partial charge < -0.3 is 4.74 Å². The van der Waals surface area contributed by atoms with Crippen molar-refractivity contribution in [3.05, 3.63) is 41.2 Å². The number of alkyl halides is 3. The summed E-state index contributed by atoms with van der Waals surface area (Å²) in [5.41, 5.74) is -4.14. The predicted octanol–water partition coefficient (Wildman–Crippen LogP) is 3.39. The van der Waals surface area contributed by atoms with Gasteiger partial charge in [-0.15, -0.1) is 0 Å². The lowest BCUT2D eigenvalue weighted by Crippen LogP contribution is -2.43. The van der Waals surface area contributed by atoms with Crippen molar-refractivity contribution in [2.45, 2.75) is 32.0 Å². The van der Waals surface area contributed by atoms with Crippen LogP contribution in [-0.2, 0) is 21.3 Å². The molecule has 0 aromatic carbocycles. The zero-order chi connectivity index (χ0) is 17.5. The summed E-state index contributed by atoms with van der Waals surface area (Å²) in [5, 5.41) is 9.16. The summed E-state index contributed by atoms with van der Waals surface area (Å²) < 4.78 is 45.3. The maximum atomic E-state index is 13.3. The van der Waals surface area contributed by atoms with Gasteiger partial charge >= 0.3 is 6.18 Å². The van der Waals surface area contributed by atoms with Gasteiger partial charge in [0.1, 0.15) is 11.7 Å². The van der Waals surface area contributed by atoms with Crippen LogP contribution in [0, 0.1) is 16.7 Å². The van der Waals surface area contributed by atoms with Crippen molar-refractivity contribution in [3.63, 3.8) is 0 Å². The zero-order valence-corrected chi connectivity index (χ0v) is 12.9. The molecule has 1 aromatic heterocycles. The van der Waals surface area contributed by atoms with E-state index in [1.54, 1.807) is 19.9 Å². The molecule has 0 bridgehead atoms. The molecule has 4 nitrogen and oxygen atoms in total. The number of aromatic nitrogens is 1. The average molecular weight is 324 g/mol. The summed E-state index contributed by atoms with van der Waals surface area (Å²) in [6, 6.07) is 3.84. The lowest BCUT2D eigenvalue weighted by atomic mass is 9.68. The van der Waals surface area contributed by atoms with Crippen LogP contribution in [0.4, 0.5) is 13.2 Å². The molecular formula is C16H15F3N2O2. The number of Topliss-reactive ketones (excluding diaryl/α,β-unsaturated/α-hetero) is 1. The fourth-order valence-electron chi connectivity index (χ4n) is 2.89. The molecular weight excluding hydrogens is 309 g/mol. The standard InChI is InChI=1S/C16H15F3N2O2/c1-14(2)9-15(23-3,7-10(8-20)13(14)22)12-11(16(17,18)19)5-4-6-21-12/h4-7H,9H2,1-3H3/t15-/m1/s1. The molecule has 0 fully saturated rings. The normalized spacial score (nSPS) is 24.0. The van der Waals surface area contributed by atoms with E-state index < -0.39 is 28.5 Å². The van der Waals surface area contributed by atoms with Gasteiger partial charge in [0.05, 0.1) is 16.8 Å². The molecule has 0 unspecified atom stereocenters. The fourth-order valence-corrected chi connectivity index (χ4v) is 2.89. The maximum Gasteiger partial charge on any atom is 0.418 e. The third-order valence-electron chi connectivity index (χ3n) is 3.94. The molecule has 0 radical (unpaired) electrons. The van der Waals surface area contributed by atoms with Crippen LogP contribution in [0.15, 0.2) is 30.0 Å². The summed E-state index contributed by atoms with van der Waals surface area (Å²) in [7, 11) is 1.24. The Morgan fingerprint density at radius 3 is 2.57 bits per heavy atom. The molecule has 0 saturated heterocycles. The minimum Gasteiger partial charge on any atom is -0.368 e. The smallest absolute Gasteiger partial charge is 0.368 e. The first-order valence-electron chi connectivity index (χ1n) is 6.83. The number of halogens is 3. The Balaban J connectivity index is 2.76. The van der Waals surface area contributed by atoms with Gasteiger partial charge in [-0.1, -0.05) is 13.8 Å². The number of carbonyl (C=O) groups is 1. The van der Waals surface area contributed by atoms with Crippen molar-refractivity contribution >= 4 is 5.78 Å².